The molecule has 2 nitrogen and oxygen atoms in total. The molecule has 14 heavy (non-hydrogen) atoms. The molecule has 0 radical (unpaired) electrons. The first-order valence-corrected chi connectivity index (χ1v) is 4.83. The Morgan fingerprint density at radius 3 is 2.29 bits per heavy atom. The molecule has 84 valence electrons. The lowest BCUT2D eigenvalue weighted by Gasteiger charge is -2.20. The van der Waals surface area contributed by atoms with Crippen LogP contribution in [0, 0.1) is 0 Å². The summed E-state index contributed by atoms with van der Waals surface area (Å²) in [6, 6.07) is 0. The van der Waals surface area contributed by atoms with Gasteiger partial charge < -0.3 is 10.6 Å². The highest BCUT2D eigenvalue weighted by atomic mass is 32.1. The molecular formula is C8H15F3N2S. The zero-order valence-corrected chi connectivity index (χ0v) is 8.92. The van der Waals surface area contributed by atoms with Gasteiger partial charge in [0.2, 0.25) is 0 Å². The van der Waals surface area contributed by atoms with E-state index in [1.54, 1.807) is 4.90 Å². The summed E-state index contributed by atoms with van der Waals surface area (Å²) in [5.41, 5.74) is 5.26. The maximum Gasteiger partial charge on any atom is 0.390 e. The molecule has 0 aromatic heterocycles. The Labute approximate surface area is 87.2 Å². The molecule has 0 aliphatic heterocycles. The lowest BCUT2D eigenvalue weighted by molar-refractivity contribution is -0.137. The summed E-state index contributed by atoms with van der Waals surface area (Å²) in [4.78, 5) is 2.03. The van der Waals surface area contributed by atoms with Crippen LogP contribution in [0.2, 0.25) is 0 Å². The molecule has 0 aromatic rings. The molecule has 0 aliphatic carbocycles. The highest BCUT2D eigenvalue weighted by molar-refractivity contribution is 7.80. The second-order valence-corrected chi connectivity index (χ2v) is 3.54. The van der Waals surface area contributed by atoms with Crippen molar-refractivity contribution in [2.24, 2.45) is 5.73 Å². The highest BCUT2D eigenvalue weighted by Gasteiger charge is 2.27. The summed E-state index contributed by atoms with van der Waals surface area (Å²) in [5, 5.41) is 0. The second kappa shape index (κ2) is 6.19. The Kier molecular flexibility index (Phi) is 6.03. The number of nitrogens with zero attached hydrogens (tertiary/aromatic N) is 1. The minimum absolute atomic E-state index is 0.0165. The molecule has 0 saturated heterocycles. The van der Waals surface area contributed by atoms with Gasteiger partial charge in [0.25, 0.3) is 0 Å². The maximum atomic E-state index is 11.9. The summed E-state index contributed by atoms with van der Waals surface area (Å²) >= 11 is 4.65. The molecule has 0 heterocycles. The van der Waals surface area contributed by atoms with E-state index in [1.807, 2.05) is 6.92 Å². The fourth-order valence-corrected chi connectivity index (χ4v) is 1.07. The van der Waals surface area contributed by atoms with Crippen LogP contribution < -0.4 is 5.73 Å². The third kappa shape index (κ3) is 8.25. The van der Waals surface area contributed by atoms with Crippen molar-refractivity contribution >= 4 is 17.2 Å². The predicted octanol–water partition coefficient (Wildman–Crippen LogP) is 1.94. The van der Waals surface area contributed by atoms with Gasteiger partial charge in [-0.3, -0.25) is 0 Å². The molecule has 6 heteroatoms. The number of halogens is 3. The zero-order valence-electron chi connectivity index (χ0n) is 8.10. The smallest absolute Gasteiger partial charge is 0.390 e. The van der Waals surface area contributed by atoms with Crippen LogP contribution >= 0.6 is 12.2 Å². The largest absolute Gasteiger partial charge is 0.393 e. The van der Waals surface area contributed by atoms with E-state index in [0.717, 1.165) is 0 Å². The third-order valence-electron chi connectivity index (χ3n) is 1.83. The van der Waals surface area contributed by atoms with Crippen LogP contribution in [0.1, 0.15) is 19.8 Å². The third-order valence-corrected chi connectivity index (χ3v) is 2.04. The summed E-state index contributed by atoms with van der Waals surface area (Å²) in [6.45, 7) is 2.92. The van der Waals surface area contributed by atoms with Crippen molar-refractivity contribution in [2.45, 2.75) is 25.9 Å². The number of alkyl halides is 3. The van der Waals surface area contributed by atoms with E-state index in [4.69, 9.17) is 5.73 Å². The highest BCUT2D eigenvalue weighted by Crippen LogP contribution is 2.19. The van der Waals surface area contributed by atoms with Crippen molar-refractivity contribution in [3.8, 4) is 0 Å². The van der Waals surface area contributed by atoms with Crippen molar-refractivity contribution < 1.29 is 13.2 Å². The Hall–Kier alpha value is -0.360. The molecule has 0 fully saturated rings. The molecular weight excluding hydrogens is 213 g/mol. The average molecular weight is 228 g/mol. The van der Waals surface area contributed by atoms with Gasteiger partial charge in [0.15, 0.2) is 0 Å². The van der Waals surface area contributed by atoms with Crippen molar-refractivity contribution in [1.29, 1.82) is 0 Å². The van der Waals surface area contributed by atoms with Gasteiger partial charge in [0.05, 0.1) is 11.4 Å². The first kappa shape index (κ1) is 13.6. The summed E-state index contributed by atoms with van der Waals surface area (Å²) in [7, 11) is 0. The van der Waals surface area contributed by atoms with Gasteiger partial charge in [-0.15, -0.1) is 0 Å². The quantitative estimate of drug-likeness (QED) is 0.704. The van der Waals surface area contributed by atoms with Crippen molar-refractivity contribution in [3.05, 3.63) is 0 Å². The molecule has 0 aromatic carbocycles. The van der Waals surface area contributed by atoms with E-state index < -0.39 is 12.6 Å². The molecule has 0 atom stereocenters. The lowest BCUT2D eigenvalue weighted by Crippen LogP contribution is -2.31. The van der Waals surface area contributed by atoms with Crippen LogP contribution in [0.3, 0.4) is 0 Å². The maximum absolute atomic E-state index is 11.9. The molecule has 0 unspecified atom stereocenters. The normalized spacial score (nSPS) is 12.1. The number of hydrogen-bond acceptors (Lipinski definition) is 2. The molecule has 0 spiro atoms. The van der Waals surface area contributed by atoms with Crippen LogP contribution in [0.4, 0.5) is 13.2 Å². The van der Waals surface area contributed by atoms with E-state index >= 15 is 0 Å². The minimum atomic E-state index is -4.09. The minimum Gasteiger partial charge on any atom is -0.393 e. The fraction of sp³-hybridized carbons (Fsp3) is 0.875. The zero-order chi connectivity index (χ0) is 11.2. The van der Waals surface area contributed by atoms with Crippen molar-refractivity contribution in [1.82, 2.24) is 4.90 Å². The van der Waals surface area contributed by atoms with Crippen molar-refractivity contribution in [3.63, 3.8) is 0 Å². The first-order chi connectivity index (χ1) is 6.35. The summed E-state index contributed by atoms with van der Waals surface area (Å²) in [6.07, 6.45) is -4.39. The molecule has 0 aliphatic rings. The average Bonchev–Trinajstić information content (AvgIpc) is 2.02. The van der Waals surface area contributed by atoms with E-state index in [1.165, 1.54) is 0 Å². The van der Waals surface area contributed by atoms with Crippen LogP contribution in [0.15, 0.2) is 0 Å². The number of thiocarbonyl (C=S) groups is 1. The fourth-order valence-electron chi connectivity index (χ4n) is 0.981. The Balaban J connectivity index is 3.74. The van der Waals surface area contributed by atoms with Crippen molar-refractivity contribution in [2.75, 3.05) is 19.6 Å². The first-order valence-electron chi connectivity index (χ1n) is 4.42. The van der Waals surface area contributed by atoms with E-state index in [2.05, 4.69) is 12.2 Å². The standard InChI is InChI=1S/C8H15F3N2S/c1-2-13(5-3-7(12)14)6-4-8(9,10)11/h2-6H2,1H3,(H2,12,14). The van der Waals surface area contributed by atoms with Gasteiger partial charge in [-0.25, -0.2) is 0 Å². The number of hydrogen-bond donors (Lipinski definition) is 1. The summed E-state index contributed by atoms with van der Waals surface area (Å²) in [5.74, 6) is 0. The van der Waals surface area contributed by atoms with Gasteiger partial charge >= 0.3 is 6.18 Å². The molecule has 0 saturated carbocycles. The van der Waals surface area contributed by atoms with Gasteiger partial charge in [-0.1, -0.05) is 19.1 Å². The molecule has 0 amide bonds. The van der Waals surface area contributed by atoms with Gasteiger partial charge in [-0.05, 0) is 6.54 Å². The second-order valence-electron chi connectivity index (χ2n) is 3.02. The Bertz CT molecular complexity index is 182. The lowest BCUT2D eigenvalue weighted by atomic mass is 10.3. The predicted molar refractivity (Wildman–Crippen MR) is 54.2 cm³/mol. The molecule has 0 rings (SSSR count). The molecule has 2 N–H and O–H groups in total. The Morgan fingerprint density at radius 2 is 1.93 bits per heavy atom. The van der Waals surface area contributed by atoms with E-state index in [9.17, 15) is 13.2 Å². The number of nitrogens with two attached hydrogens (primary N) is 1. The Morgan fingerprint density at radius 1 is 1.36 bits per heavy atom. The van der Waals surface area contributed by atoms with Crippen LogP contribution in [0.25, 0.3) is 0 Å². The van der Waals surface area contributed by atoms with Gasteiger partial charge in [0.1, 0.15) is 0 Å². The molecule has 0 bridgehead atoms. The monoisotopic (exact) mass is 228 g/mol. The van der Waals surface area contributed by atoms with Crippen LogP contribution in [-0.4, -0.2) is 35.7 Å². The topological polar surface area (TPSA) is 29.3 Å². The van der Waals surface area contributed by atoms with Gasteiger partial charge in [-0.2, -0.15) is 13.2 Å². The van der Waals surface area contributed by atoms with Gasteiger partial charge in [0, 0.05) is 19.5 Å². The van der Waals surface area contributed by atoms with Crippen LogP contribution in [-0.2, 0) is 0 Å². The van der Waals surface area contributed by atoms with Crippen LogP contribution in [0.5, 0.6) is 0 Å². The number of rotatable bonds is 6. The van der Waals surface area contributed by atoms with E-state index in [-0.39, 0.29) is 6.54 Å². The SMILES string of the molecule is CCN(CCC(N)=S)CCC(F)(F)F. The summed E-state index contributed by atoms with van der Waals surface area (Å²) < 4.78 is 35.6. The van der Waals surface area contributed by atoms with E-state index in [0.29, 0.717) is 24.5 Å².